The summed E-state index contributed by atoms with van der Waals surface area (Å²) in [5, 5.41) is 13.3. The first-order valence-corrected chi connectivity index (χ1v) is 9.87. The second-order valence-corrected chi connectivity index (χ2v) is 7.44. The highest BCUT2D eigenvalue weighted by atomic mass is 19.1. The van der Waals surface area contributed by atoms with Gasteiger partial charge in [-0.25, -0.2) is 24.1 Å². The minimum Gasteiger partial charge on any atom is -0.465 e. The fourth-order valence-electron chi connectivity index (χ4n) is 3.70. The van der Waals surface area contributed by atoms with E-state index in [0.717, 1.165) is 10.9 Å². The van der Waals surface area contributed by atoms with E-state index in [4.69, 9.17) is 10.7 Å². The minimum absolute atomic E-state index is 0.109. The van der Waals surface area contributed by atoms with Crippen molar-refractivity contribution in [2.45, 2.75) is 19.9 Å². The number of fused-ring (bicyclic) bond motifs is 1. The molecule has 0 bridgehead atoms. The topological polar surface area (TPSA) is 133 Å². The van der Waals surface area contributed by atoms with Crippen molar-refractivity contribution in [3.63, 3.8) is 0 Å². The number of piperazine rings is 1. The summed E-state index contributed by atoms with van der Waals surface area (Å²) in [6.07, 6.45) is 0.389. The Morgan fingerprint density at radius 1 is 1.23 bits per heavy atom. The molecule has 10 nitrogen and oxygen atoms in total. The van der Waals surface area contributed by atoms with Gasteiger partial charge in [-0.15, -0.1) is 0 Å². The number of carbonyl (C=O) groups is 1. The van der Waals surface area contributed by atoms with Gasteiger partial charge in [0.05, 0.1) is 11.6 Å². The fraction of sp³-hybridized carbons (Fsp3) is 0.350. The van der Waals surface area contributed by atoms with Gasteiger partial charge in [-0.2, -0.15) is 4.98 Å². The molecule has 4 N–H and O–H groups in total. The van der Waals surface area contributed by atoms with Gasteiger partial charge in [0, 0.05) is 42.7 Å². The lowest BCUT2D eigenvalue weighted by molar-refractivity contribution is 0.142. The zero-order chi connectivity index (χ0) is 22.1. The van der Waals surface area contributed by atoms with Gasteiger partial charge in [-0.05, 0) is 32.0 Å². The third-order valence-corrected chi connectivity index (χ3v) is 5.44. The van der Waals surface area contributed by atoms with E-state index in [-0.39, 0.29) is 17.8 Å². The van der Waals surface area contributed by atoms with Gasteiger partial charge in [0.15, 0.2) is 0 Å². The van der Waals surface area contributed by atoms with Crippen molar-refractivity contribution in [2.75, 3.05) is 42.1 Å². The van der Waals surface area contributed by atoms with Crippen LogP contribution in [0.4, 0.5) is 26.9 Å². The van der Waals surface area contributed by atoms with E-state index in [0.29, 0.717) is 49.0 Å². The Hall–Kier alpha value is -3.76. The number of halogens is 1. The van der Waals surface area contributed by atoms with Crippen molar-refractivity contribution in [3.05, 3.63) is 41.5 Å². The van der Waals surface area contributed by atoms with E-state index in [9.17, 15) is 14.3 Å². The summed E-state index contributed by atoms with van der Waals surface area (Å²) in [5.74, 6) is 0.795. The Kier molecular flexibility index (Phi) is 5.40. The van der Waals surface area contributed by atoms with Gasteiger partial charge in [0.2, 0.25) is 11.9 Å². The molecule has 0 radical (unpaired) electrons. The van der Waals surface area contributed by atoms with Gasteiger partial charge < -0.3 is 26.0 Å². The average Bonchev–Trinajstić information content (AvgIpc) is 2.75. The van der Waals surface area contributed by atoms with E-state index in [1.165, 1.54) is 17.3 Å². The molecule has 31 heavy (non-hydrogen) atoms. The quantitative estimate of drug-likeness (QED) is 0.575. The smallest absolute Gasteiger partial charge is 0.407 e. The molecule has 3 heterocycles. The summed E-state index contributed by atoms with van der Waals surface area (Å²) >= 11 is 0. The Bertz CT molecular complexity index is 1130. The van der Waals surface area contributed by atoms with Crippen molar-refractivity contribution < 1.29 is 14.3 Å². The third kappa shape index (κ3) is 4.11. The maximum atomic E-state index is 14.2. The van der Waals surface area contributed by atoms with Crippen LogP contribution in [-0.2, 0) is 0 Å². The van der Waals surface area contributed by atoms with E-state index in [1.54, 1.807) is 13.0 Å². The number of carboxylic acid groups (broad SMARTS) is 1. The van der Waals surface area contributed by atoms with Crippen LogP contribution in [0.5, 0.6) is 0 Å². The first kappa shape index (κ1) is 20.5. The molecule has 1 fully saturated rings. The highest BCUT2D eigenvalue weighted by molar-refractivity contribution is 5.85. The number of anilines is 3. The number of benzene rings is 1. The standard InChI is InChI=1S/C20H23FN8O2/c1-11-15(21)4-3-13-9-14(12(2)25-19-24-10-23-18(22)27-19)17(26-16(11)13)28-5-7-29(8-6-28)20(30)31/h3-4,9-10,12H,5-8H2,1-2H3,(H,30,31)(H3,22,23,24,25,27)/t12-/m0/s1. The zero-order valence-electron chi connectivity index (χ0n) is 17.2. The van der Waals surface area contributed by atoms with Crippen LogP contribution in [0.15, 0.2) is 24.5 Å². The second kappa shape index (κ2) is 8.17. The molecule has 162 valence electrons. The predicted octanol–water partition coefficient (Wildman–Crippen LogP) is 2.42. The summed E-state index contributed by atoms with van der Waals surface area (Å²) in [7, 11) is 0. The number of hydrogen-bond acceptors (Lipinski definition) is 8. The first-order chi connectivity index (χ1) is 14.8. The molecule has 1 aromatic carbocycles. The summed E-state index contributed by atoms with van der Waals surface area (Å²) in [4.78, 5) is 31.5. The van der Waals surface area contributed by atoms with Gasteiger partial charge in [-0.3, -0.25) is 0 Å². The Morgan fingerprint density at radius 3 is 2.65 bits per heavy atom. The van der Waals surface area contributed by atoms with Crippen molar-refractivity contribution in [2.24, 2.45) is 0 Å². The Balaban J connectivity index is 1.74. The molecule has 4 rings (SSSR count). The van der Waals surface area contributed by atoms with Crippen molar-refractivity contribution in [1.82, 2.24) is 24.8 Å². The summed E-state index contributed by atoms with van der Waals surface area (Å²) in [6.45, 7) is 5.34. The fourth-order valence-corrected chi connectivity index (χ4v) is 3.70. The van der Waals surface area contributed by atoms with Crippen LogP contribution in [0.3, 0.4) is 0 Å². The van der Waals surface area contributed by atoms with Gasteiger partial charge in [0.25, 0.3) is 0 Å². The summed E-state index contributed by atoms with van der Waals surface area (Å²) in [5.41, 5.74) is 7.57. The maximum Gasteiger partial charge on any atom is 0.407 e. The molecule has 3 aromatic rings. The second-order valence-electron chi connectivity index (χ2n) is 7.44. The molecule has 1 saturated heterocycles. The number of aromatic nitrogens is 4. The molecule has 11 heteroatoms. The van der Waals surface area contributed by atoms with Crippen LogP contribution in [0, 0.1) is 12.7 Å². The molecule has 1 amide bonds. The molecule has 0 saturated carbocycles. The van der Waals surface area contributed by atoms with Crippen molar-refractivity contribution in [1.29, 1.82) is 0 Å². The lowest BCUT2D eigenvalue weighted by atomic mass is 10.0. The number of nitrogen functional groups attached to an aromatic ring is 1. The van der Waals surface area contributed by atoms with Gasteiger partial charge >= 0.3 is 6.09 Å². The molecule has 1 aliphatic rings. The van der Waals surface area contributed by atoms with E-state index in [1.807, 2.05) is 17.9 Å². The van der Waals surface area contributed by atoms with E-state index in [2.05, 4.69) is 20.3 Å². The molecule has 0 aliphatic carbocycles. The lowest BCUT2D eigenvalue weighted by Crippen LogP contribution is -2.49. The molecule has 0 spiro atoms. The molecule has 1 atom stereocenters. The van der Waals surface area contributed by atoms with Crippen LogP contribution >= 0.6 is 0 Å². The molecule has 0 unspecified atom stereocenters. The number of rotatable bonds is 4. The zero-order valence-corrected chi connectivity index (χ0v) is 17.2. The van der Waals surface area contributed by atoms with Crippen LogP contribution in [-0.4, -0.2) is 62.2 Å². The third-order valence-electron chi connectivity index (χ3n) is 5.44. The normalized spacial score (nSPS) is 15.2. The SMILES string of the molecule is Cc1c(F)ccc2cc([C@H](C)Nc3ncnc(N)n3)c(N3CCN(C(=O)O)CC3)nc12. The number of aryl methyl sites for hydroxylation is 1. The number of nitrogens with one attached hydrogen (secondary N) is 1. The van der Waals surface area contributed by atoms with E-state index < -0.39 is 6.09 Å². The minimum atomic E-state index is -0.938. The van der Waals surface area contributed by atoms with Crippen molar-refractivity contribution in [3.8, 4) is 0 Å². The lowest BCUT2D eigenvalue weighted by Gasteiger charge is -2.35. The van der Waals surface area contributed by atoms with Crippen LogP contribution in [0.25, 0.3) is 10.9 Å². The molecule has 2 aromatic heterocycles. The molecule has 1 aliphatic heterocycles. The van der Waals surface area contributed by atoms with Crippen LogP contribution in [0.2, 0.25) is 0 Å². The Morgan fingerprint density at radius 2 is 1.97 bits per heavy atom. The summed E-state index contributed by atoms with van der Waals surface area (Å²) in [6, 6.07) is 4.85. The van der Waals surface area contributed by atoms with Gasteiger partial charge in [-0.1, -0.05) is 0 Å². The van der Waals surface area contributed by atoms with Crippen molar-refractivity contribution >= 4 is 34.7 Å². The number of nitrogens with zero attached hydrogens (tertiary/aromatic N) is 6. The van der Waals surface area contributed by atoms with E-state index >= 15 is 0 Å². The Labute approximate surface area is 177 Å². The molecular formula is C20H23FN8O2. The highest BCUT2D eigenvalue weighted by Gasteiger charge is 2.25. The summed E-state index contributed by atoms with van der Waals surface area (Å²) < 4.78 is 14.2. The number of amides is 1. The highest BCUT2D eigenvalue weighted by Crippen LogP contribution is 2.32. The van der Waals surface area contributed by atoms with Crippen LogP contribution in [0.1, 0.15) is 24.1 Å². The monoisotopic (exact) mass is 426 g/mol. The number of nitrogens with two attached hydrogens (primary N) is 1. The first-order valence-electron chi connectivity index (χ1n) is 9.87. The van der Waals surface area contributed by atoms with Crippen LogP contribution < -0.4 is 16.0 Å². The number of hydrogen-bond donors (Lipinski definition) is 3. The predicted molar refractivity (Wildman–Crippen MR) is 115 cm³/mol. The average molecular weight is 426 g/mol. The number of pyridine rings is 1. The van der Waals surface area contributed by atoms with Gasteiger partial charge in [0.1, 0.15) is 18.0 Å². The largest absolute Gasteiger partial charge is 0.465 e. The maximum absolute atomic E-state index is 14.2. The molecular weight excluding hydrogens is 403 g/mol.